The summed E-state index contributed by atoms with van der Waals surface area (Å²) in [5.74, 6) is 1.77. The van der Waals surface area contributed by atoms with Crippen LogP contribution >= 0.6 is 0 Å². The van der Waals surface area contributed by atoms with Crippen LogP contribution in [0.3, 0.4) is 0 Å². The largest absolute Gasteiger partial charge is 0.493 e. The van der Waals surface area contributed by atoms with E-state index in [0.717, 1.165) is 18.4 Å². The van der Waals surface area contributed by atoms with Gasteiger partial charge in [-0.3, -0.25) is 9.59 Å². The number of ether oxygens (including phenoxy) is 2. The molecular formula is C24H30N2O4. The molecule has 0 heterocycles. The van der Waals surface area contributed by atoms with Gasteiger partial charge in [0.1, 0.15) is 0 Å². The molecule has 160 valence electrons. The van der Waals surface area contributed by atoms with Crippen molar-refractivity contribution in [3.05, 3.63) is 53.6 Å². The Morgan fingerprint density at radius 2 is 1.73 bits per heavy atom. The Kier molecular flexibility index (Phi) is 6.98. The standard InChI is InChI=1S/C24H30N2O4/c1-15(2)14-30-21-12-9-19(13-22(21)29-4)16(3)25-23(27)18-7-10-20(11-8-18)26-24(28)17-5-6-17/h7-13,15-17H,5-6,14H2,1-4H3,(H,25,27)(H,26,28). The van der Waals surface area contributed by atoms with E-state index in [2.05, 4.69) is 24.5 Å². The monoisotopic (exact) mass is 410 g/mol. The molecule has 2 N–H and O–H groups in total. The lowest BCUT2D eigenvalue weighted by Gasteiger charge is -2.18. The second-order valence-electron chi connectivity index (χ2n) is 8.15. The quantitative estimate of drug-likeness (QED) is 0.635. The third-order valence-electron chi connectivity index (χ3n) is 4.97. The number of anilines is 1. The van der Waals surface area contributed by atoms with Crippen LogP contribution in [0.5, 0.6) is 11.5 Å². The smallest absolute Gasteiger partial charge is 0.251 e. The average molecular weight is 411 g/mol. The Balaban J connectivity index is 1.61. The molecule has 0 radical (unpaired) electrons. The van der Waals surface area contributed by atoms with E-state index in [1.54, 1.807) is 31.4 Å². The molecule has 0 bridgehead atoms. The molecule has 1 aliphatic carbocycles. The molecule has 30 heavy (non-hydrogen) atoms. The summed E-state index contributed by atoms with van der Waals surface area (Å²) in [6.07, 6.45) is 1.92. The van der Waals surface area contributed by atoms with Crippen LogP contribution in [0.2, 0.25) is 0 Å². The van der Waals surface area contributed by atoms with E-state index in [0.29, 0.717) is 35.3 Å². The van der Waals surface area contributed by atoms with Gasteiger partial charge in [-0.05, 0) is 67.6 Å². The molecule has 0 spiro atoms. The molecule has 0 aliphatic heterocycles. The summed E-state index contributed by atoms with van der Waals surface area (Å²) < 4.78 is 11.2. The van der Waals surface area contributed by atoms with Crippen LogP contribution in [-0.2, 0) is 4.79 Å². The number of hydrogen-bond donors (Lipinski definition) is 2. The van der Waals surface area contributed by atoms with Crippen molar-refractivity contribution in [3.63, 3.8) is 0 Å². The lowest BCUT2D eigenvalue weighted by Crippen LogP contribution is -2.26. The maximum Gasteiger partial charge on any atom is 0.251 e. The summed E-state index contributed by atoms with van der Waals surface area (Å²) in [4.78, 5) is 24.5. The van der Waals surface area contributed by atoms with Crippen LogP contribution < -0.4 is 20.1 Å². The topological polar surface area (TPSA) is 76.7 Å². The minimum absolute atomic E-state index is 0.0515. The lowest BCUT2D eigenvalue weighted by atomic mass is 10.1. The van der Waals surface area contributed by atoms with Crippen molar-refractivity contribution in [2.75, 3.05) is 19.0 Å². The zero-order chi connectivity index (χ0) is 21.7. The Morgan fingerprint density at radius 1 is 1.03 bits per heavy atom. The van der Waals surface area contributed by atoms with Gasteiger partial charge >= 0.3 is 0 Å². The van der Waals surface area contributed by atoms with Gasteiger partial charge in [0.15, 0.2) is 11.5 Å². The third kappa shape index (κ3) is 5.75. The van der Waals surface area contributed by atoms with Crippen molar-refractivity contribution in [2.45, 2.75) is 39.7 Å². The molecule has 1 aliphatic rings. The van der Waals surface area contributed by atoms with E-state index in [-0.39, 0.29) is 23.8 Å². The normalized spacial score (nSPS) is 14.2. The molecule has 2 aromatic rings. The van der Waals surface area contributed by atoms with Crippen LogP contribution in [0, 0.1) is 11.8 Å². The van der Waals surface area contributed by atoms with E-state index in [1.807, 2.05) is 25.1 Å². The van der Waals surface area contributed by atoms with Gasteiger partial charge < -0.3 is 20.1 Å². The second kappa shape index (κ2) is 9.65. The van der Waals surface area contributed by atoms with Gasteiger partial charge in [-0.25, -0.2) is 0 Å². The number of hydrogen-bond acceptors (Lipinski definition) is 4. The first-order valence-corrected chi connectivity index (χ1v) is 10.4. The van der Waals surface area contributed by atoms with Gasteiger partial charge in [-0.15, -0.1) is 0 Å². The van der Waals surface area contributed by atoms with Gasteiger partial charge in [-0.2, -0.15) is 0 Å². The number of carbonyl (C=O) groups excluding carboxylic acids is 2. The van der Waals surface area contributed by atoms with Crippen molar-refractivity contribution in [1.29, 1.82) is 0 Å². The molecule has 1 saturated carbocycles. The molecule has 0 saturated heterocycles. The number of methoxy groups -OCH3 is 1. The first kappa shape index (κ1) is 21.7. The zero-order valence-electron chi connectivity index (χ0n) is 18.0. The van der Waals surface area contributed by atoms with Crippen molar-refractivity contribution in [2.24, 2.45) is 11.8 Å². The fraction of sp³-hybridized carbons (Fsp3) is 0.417. The van der Waals surface area contributed by atoms with Gasteiger partial charge in [0.25, 0.3) is 5.91 Å². The van der Waals surface area contributed by atoms with Crippen molar-refractivity contribution < 1.29 is 19.1 Å². The van der Waals surface area contributed by atoms with Gasteiger partial charge in [0.2, 0.25) is 5.91 Å². The van der Waals surface area contributed by atoms with Crippen molar-refractivity contribution in [3.8, 4) is 11.5 Å². The number of nitrogens with one attached hydrogen (secondary N) is 2. The minimum Gasteiger partial charge on any atom is -0.493 e. The van der Waals surface area contributed by atoms with E-state index < -0.39 is 0 Å². The minimum atomic E-state index is -0.209. The lowest BCUT2D eigenvalue weighted by molar-refractivity contribution is -0.117. The maximum absolute atomic E-state index is 12.6. The van der Waals surface area contributed by atoms with Gasteiger partial charge in [0, 0.05) is 17.2 Å². The van der Waals surface area contributed by atoms with Crippen LogP contribution in [-0.4, -0.2) is 25.5 Å². The Bertz CT molecular complexity index is 889. The SMILES string of the molecule is COc1cc(C(C)NC(=O)c2ccc(NC(=O)C3CC3)cc2)ccc1OCC(C)C. The summed E-state index contributed by atoms with van der Waals surface area (Å²) >= 11 is 0. The molecule has 1 atom stereocenters. The first-order chi connectivity index (χ1) is 14.4. The second-order valence-corrected chi connectivity index (χ2v) is 8.15. The van der Waals surface area contributed by atoms with Crippen LogP contribution in [0.15, 0.2) is 42.5 Å². The molecule has 1 fully saturated rings. The molecule has 2 aromatic carbocycles. The molecule has 1 unspecified atom stereocenters. The highest BCUT2D eigenvalue weighted by molar-refractivity contribution is 5.97. The van der Waals surface area contributed by atoms with E-state index >= 15 is 0 Å². The Labute approximate surface area is 178 Å². The zero-order valence-corrected chi connectivity index (χ0v) is 18.0. The molecule has 3 rings (SSSR count). The summed E-state index contributed by atoms with van der Waals surface area (Å²) in [6.45, 7) is 6.71. The van der Waals surface area contributed by atoms with E-state index in [9.17, 15) is 9.59 Å². The summed E-state index contributed by atoms with van der Waals surface area (Å²) in [5, 5.41) is 5.87. The van der Waals surface area contributed by atoms with E-state index in [4.69, 9.17) is 9.47 Å². The fourth-order valence-corrected chi connectivity index (χ4v) is 2.99. The van der Waals surface area contributed by atoms with Gasteiger partial charge in [-0.1, -0.05) is 19.9 Å². The highest BCUT2D eigenvalue weighted by Crippen LogP contribution is 2.31. The molecule has 2 amide bonds. The van der Waals surface area contributed by atoms with Crippen LogP contribution in [0.4, 0.5) is 5.69 Å². The van der Waals surface area contributed by atoms with Crippen LogP contribution in [0.1, 0.15) is 55.6 Å². The van der Waals surface area contributed by atoms with Crippen molar-refractivity contribution in [1.82, 2.24) is 5.32 Å². The predicted octanol–water partition coefficient (Wildman–Crippen LogP) is 4.57. The highest BCUT2D eigenvalue weighted by atomic mass is 16.5. The Morgan fingerprint density at radius 3 is 2.33 bits per heavy atom. The summed E-state index contributed by atoms with van der Waals surface area (Å²) in [7, 11) is 1.61. The Hall–Kier alpha value is -3.02. The molecule has 6 heteroatoms. The number of rotatable bonds is 9. The summed E-state index contributed by atoms with van der Waals surface area (Å²) in [6, 6.07) is 12.4. The van der Waals surface area contributed by atoms with Crippen molar-refractivity contribution >= 4 is 17.5 Å². The predicted molar refractivity (Wildman–Crippen MR) is 117 cm³/mol. The maximum atomic E-state index is 12.6. The van der Waals surface area contributed by atoms with Crippen LogP contribution in [0.25, 0.3) is 0 Å². The molecular weight excluding hydrogens is 380 g/mol. The van der Waals surface area contributed by atoms with E-state index in [1.165, 1.54) is 0 Å². The number of benzene rings is 2. The number of carbonyl (C=O) groups is 2. The number of amides is 2. The average Bonchev–Trinajstić information content (AvgIpc) is 3.58. The molecule has 0 aromatic heterocycles. The third-order valence-corrected chi connectivity index (χ3v) is 4.97. The summed E-state index contributed by atoms with van der Waals surface area (Å²) in [5.41, 5.74) is 2.17. The first-order valence-electron chi connectivity index (χ1n) is 10.4. The molecule has 6 nitrogen and oxygen atoms in total. The van der Waals surface area contributed by atoms with Gasteiger partial charge in [0.05, 0.1) is 19.8 Å². The fourth-order valence-electron chi connectivity index (χ4n) is 2.99. The highest BCUT2D eigenvalue weighted by Gasteiger charge is 2.29.